The summed E-state index contributed by atoms with van der Waals surface area (Å²) in [6, 6.07) is 7.54. The van der Waals surface area contributed by atoms with Gasteiger partial charge in [-0.25, -0.2) is 4.79 Å². The Morgan fingerprint density at radius 1 is 1.45 bits per heavy atom. The quantitative estimate of drug-likeness (QED) is 0.844. The maximum atomic E-state index is 12.1. The summed E-state index contributed by atoms with van der Waals surface area (Å²) < 4.78 is 5.08. The molecule has 6 heteroatoms. The van der Waals surface area contributed by atoms with E-state index in [0.717, 1.165) is 38.2 Å². The van der Waals surface area contributed by atoms with Crippen LogP contribution in [-0.4, -0.2) is 50.3 Å². The van der Waals surface area contributed by atoms with Crippen molar-refractivity contribution in [1.82, 2.24) is 15.5 Å². The normalized spacial score (nSPS) is 19.9. The van der Waals surface area contributed by atoms with Crippen molar-refractivity contribution in [3.05, 3.63) is 34.9 Å². The van der Waals surface area contributed by atoms with E-state index in [0.29, 0.717) is 5.02 Å². The Morgan fingerprint density at radius 3 is 2.86 bits per heavy atom. The Bertz CT molecular complexity index is 481. The van der Waals surface area contributed by atoms with E-state index >= 15 is 0 Å². The summed E-state index contributed by atoms with van der Waals surface area (Å²) in [5, 5.41) is 6.70. The fourth-order valence-corrected chi connectivity index (χ4v) is 2.76. The summed E-state index contributed by atoms with van der Waals surface area (Å²) in [6.45, 7) is 5.49. The van der Waals surface area contributed by atoms with Gasteiger partial charge < -0.3 is 15.4 Å². The van der Waals surface area contributed by atoms with Crippen molar-refractivity contribution >= 4 is 17.6 Å². The van der Waals surface area contributed by atoms with E-state index in [-0.39, 0.29) is 18.1 Å². The largest absolute Gasteiger partial charge is 0.383 e. The molecule has 0 radical (unpaired) electrons. The third kappa shape index (κ3) is 5.16. The summed E-state index contributed by atoms with van der Waals surface area (Å²) in [5.74, 6) is 0. The van der Waals surface area contributed by atoms with Crippen molar-refractivity contribution in [2.24, 2.45) is 0 Å². The first-order chi connectivity index (χ1) is 10.6. The molecule has 1 aromatic carbocycles. The molecule has 2 rings (SSSR count). The molecule has 2 amide bonds. The minimum Gasteiger partial charge on any atom is -0.383 e. The monoisotopic (exact) mass is 325 g/mol. The van der Waals surface area contributed by atoms with Gasteiger partial charge in [-0.1, -0.05) is 23.7 Å². The molecule has 22 heavy (non-hydrogen) atoms. The molecule has 2 unspecified atom stereocenters. The highest BCUT2D eigenvalue weighted by Gasteiger charge is 2.23. The molecule has 0 saturated carbocycles. The predicted molar refractivity (Wildman–Crippen MR) is 88.3 cm³/mol. The van der Waals surface area contributed by atoms with Crippen molar-refractivity contribution in [2.75, 3.05) is 33.4 Å². The molecular formula is C16H24ClN3O2. The molecule has 0 aromatic heterocycles. The first kappa shape index (κ1) is 17.1. The number of nitrogens with one attached hydrogen (secondary N) is 2. The molecule has 2 atom stereocenters. The third-order valence-electron chi connectivity index (χ3n) is 3.94. The summed E-state index contributed by atoms with van der Waals surface area (Å²) in [7, 11) is 1.71. The smallest absolute Gasteiger partial charge is 0.315 e. The van der Waals surface area contributed by atoms with Crippen LogP contribution >= 0.6 is 11.6 Å². The number of likely N-dealkylation sites (tertiary alicyclic amines) is 1. The summed E-state index contributed by atoms with van der Waals surface area (Å²) >= 11 is 5.87. The van der Waals surface area contributed by atoms with Gasteiger partial charge in [-0.3, -0.25) is 4.90 Å². The molecular weight excluding hydrogens is 302 g/mol. The van der Waals surface area contributed by atoms with Crippen LogP contribution in [0, 0.1) is 0 Å². The van der Waals surface area contributed by atoms with Crippen molar-refractivity contribution in [1.29, 1.82) is 0 Å². The molecule has 1 fully saturated rings. The third-order valence-corrected chi connectivity index (χ3v) is 4.19. The number of hydrogen-bond donors (Lipinski definition) is 2. The van der Waals surface area contributed by atoms with Crippen LogP contribution in [0.3, 0.4) is 0 Å². The van der Waals surface area contributed by atoms with Gasteiger partial charge in [0.25, 0.3) is 0 Å². The topological polar surface area (TPSA) is 53.6 Å². The second-order valence-electron chi connectivity index (χ2n) is 5.67. The van der Waals surface area contributed by atoms with E-state index in [4.69, 9.17) is 16.3 Å². The van der Waals surface area contributed by atoms with Crippen LogP contribution in [0.15, 0.2) is 24.3 Å². The van der Waals surface area contributed by atoms with Gasteiger partial charge in [0, 0.05) is 37.8 Å². The van der Waals surface area contributed by atoms with Gasteiger partial charge in [-0.15, -0.1) is 0 Å². The van der Waals surface area contributed by atoms with Crippen LogP contribution in [0.4, 0.5) is 4.79 Å². The maximum Gasteiger partial charge on any atom is 0.315 e. The highest BCUT2D eigenvalue weighted by Crippen LogP contribution is 2.16. The molecule has 1 saturated heterocycles. The van der Waals surface area contributed by atoms with E-state index in [1.807, 2.05) is 31.2 Å². The van der Waals surface area contributed by atoms with Gasteiger partial charge in [0.1, 0.15) is 0 Å². The number of halogens is 1. The zero-order valence-corrected chi connectivity index (χ0v) is 13.9. The van der Waals surface area contributed by atoms with Crippen LogP contribution in [0.1, 0.15) is 24.9 Å². The van der Waals surface area contributed by atoms with Crippen LogP contribution in [-0.2, 0) is 4.74 Å². The number of amides is 2. The summed E-state index contributed by atoms with van der Waals surface area (Å²) in [6.07, 6.45) is 0.979. The Hall–Kier alpha value is -1.30. The van der Waals surface area contributed by atoms with Crippen molar-refractivity contribution < 1.29 is 9.53 Å². The second-order valence-corrected chi connectivity index (χ2v) is 6.11. The van der Waals surface area contributed by atoms with Crippen molar-refractivity contribution in [3.63, 3.8) is 0 Å². The average molecular weight is 326 g/mol. The molecule has 0 spiro atoms. The van der Waals surface area contributed by atoms with E-state index in [1.165, 1.54) is 0 Å². The number of carbonyl (C=O) groups excluding carboxylic acids is 1. The molecule has 2 N–H and O–H groups in total. The number of urea groups is 1. The maximum absolute atomic E-state index is 12.1. The van der Waals surface area contributed by atoms with Gasteiger partial charge in [-0.2, -0.15) is 0 Å². The number of hydrogen-bond acceptors (Lipinski definition) is 3. The summed E-state index contributed by atoms with van der Waals surface area (Å²) in [4.78, 5) is 14.4. The Morgan fingerprint density at radius 2 is 2.18 bits per heavy atom. The molecule has 0 bridgehead atoms. The molecule has 122 valence electrons. The first-order valence-corrected chi connectivity index (χ1v) is 8.00. The van der Waals surface area contributed by atoms with Crippen LogP contribution in [0.5, 0.6) is 0 Å². The molecule has 5 nitrogen and oxygen atoms in total. The highest BCUT2D eigenvalue weighted by atomic mass is 35.5. The van der Waals surface area contributed by atoms with E-state index in [1.54, 1.807) is 7.11 Å². The van der Waals surface area contributed by atoms with Gasteiger partial charge in [0.2, 0.25) is 0 Å². The van der Waals surface area contributed by atoms with Crippen LogP contribution < -0.4 is 10.6 Å². The molecule has 1 aromatic rings. The first-order valence-electron chi connectivity index (χ1n) is 7.62. The standard InChI is InChI=1S/C16H24ClN3O2/c1-12(13-3-5-14(17)6-4-13)18-16(21)19-15-7-8-20(11-15)9-10-22-2/h3-6,12,15H,7-11H2,1-2H3,(H2,18,19,21). The number of benzene rings is 1. The van der Waals surface area contributed by atoms with Gasteiger partial charge >= 0.3 is 6.03 Å². The van der Waals surface area contributed by atoms with Gasteiger partial charge in [0.05, 0.1) is 12.6 Å². The minimum atomic E-state index is -0.124. The van der Waals surface area contributed by atoms with Gasteiger partial charge in [0.15, 0.2) is 0 Å². The Labute approximate surface area is 137 Å². The zero-order valence-electron chi connectivity index (χ0n) is 13.1. The highest BCUT2D eigenvalue weighted by molar-refractivity contribution is 6.30. The van der Waals surface area contributed by atoms with Crippen molar-refractivity contribution in [3.8, 4) is 0 Å². The average Bonchev–Trinajstić information content (AvgIpc) is 2.93. The molecule has 1 aliphatic rings. The molecule has 1 aliphatic heterocycles. The predicted octanol–water partition coefficient (Wildman–Crippen LogP) is 2.42. The summed E-state index contributed by atoms with van der Waals surface area (Å²) in [5.41, 5.74) is 1.03. The lowest BCUT2D eigenvalue weighted by Crippen LogP contribution is -2.44. The number of carbonyl (C=O) groups is 1. The lowest BCUT2D eigenvalue weighted by atomic mass is 10.1. The van der Waals surface area contributed by atoms with Crippen LogP contribution in [0.2, 0.25) is 5.02 Å². The lowest BCUT2D eigenvalue weighted by molar-refractivity contribution is 0.159. The number of methoxy groups -OCH3 is 1. The Kier molecular flexibility index (Phi) is 6.49. The number of rotatable bonds is 6. The van der Waals surface area contributed by atoms with E-state index in [9.17, 15) is 4.79 Å². The van der Waals surface area contributed by atoms with E-state index < -0.39 is 0 Å². The second kappa shape index (κ2) is 8.36. The Balaban J connectivity index is 1.75. The van der Waals surface area contributed by atoms with Gasteiger partial charge in [-0.05, 0) is 31.0 Å². The fraction of sp³-hybridized carbons (Fsp3) is 0.562. The number of ether oxygens (including phenoxy) is 1. The minimum absolute atomic E-state index is 0.0525. The lowest BCUT2D eigenvalue weighted by Gasteiger charge is -2.19. The van der Waals surface area contributed by atoms with E-state index in [2.05, 4.69) is 15.5 Å². The molecule has 0 aliphatic carbocycles. The number of nitrogens with zero attached hydrogens (tertiary/aromatic N) is 1. The SMILES string of the molecule is COCCN1CCC(NC(=O)NC(C)c2ccc(Cl)cc2)C1. The zero-order chi connectivity index (χ0) is 15.9. The molecule has 1 heterocycles. The van der Waals surface area contributed by atoms with Crippen molar-refractivity contribution in [2.45, 2.75) is 25.4 Å². The fourth-order valence-electron chi connectivity index (χ4n) is 2.63. The van der Waals surface area contributed by atoms with Crippen LogP contribution in [0.25, 0.3) is 0 Å².